The number of phenolic OH excluding ortho intramolecular Hbond substituents is 1. The Hall–Kier alpha value is -2.42. The number of halogens is 1. The van der Waals surface area contributed by atoms with E-state index in [2.05, 4.69) is 36.6 Å². The summed E-state index contributed by atoms with van der Waals surface area (Å²) >= 11 is 6.38. The van der Waals surface area contributed by atoms with Gasteiger partial charge in [-0.2, -0.15) is 0 Å². The third-order valence-corrected chi connectivity index (χ3v) is 6.66. The number of anilines is 1. The van der Waals surface area contributed by atoms with Crippen molar-refractivity contribution in [2.75, 3.05) is 11.1 Å². The molecule has 8 heteroatoms. The lowest BCUT2D eigenvalue weighted by molar-refractivity contribution is -0.113. The van der Waals surface area contributed by atoms with Gasteiger partial charge in [-0.3, -0.25) is 4.79 Å². The number of aromatic hydroxyl groups is 1. The van der Waals surface area contributed by atoms with Crippen LogP contribution in [0.25, 0.3) is 21.3 Å². The molecule has 0 aliphatic rings. The lowest BCUT2D eigenvalue weighted by Gasteiger charge is -2.09. The van der Waals surface area contributed by atoms with Gasteiger partial charge in [0.1, 0.15) is 21.9 Å². The van der Waals surface area contributed by atoms with E-state index in [4.69, 9.17) is 0 Å². The van der Waals surface area contributed by atoms with Gasteiger partial charge in [-0.05, 0) is 42.3 Å². The first-order valence-corrected chi connectivity index (χ1v) is 11.4. The van der Waals surface area contributed by atoms with Gasteiger partial charge in [0.05, 0.1) is 16.8 Å². The minimum atomic E-state index is -0.205. The number of carbonyl (C=O) groups excluding carboxylic acids is 1. The molecule has 4 aromatic rings. The molecule has 0 aliphatic carbocycles. The second-order valence-electron chi connectivity index (χ2n) is 6.37. The molecule has 0 spiro atoms. The number of fused-ring (bicyclic) bond motifs is 1. The first-order valence-electron chi connectivity index (χ1n) is 8.71. The predicted molar refractivity (Wildman–Crippen MR) is 123 cm³/mol. The number of hydrogen-bond acceptors (Lipinski definition) is 6. The van der Waals surface area contributed by atoms with Crippen LogP contribution < -0.4 is 5.32 Å². The zero-order valence-corrected chi connectivity index (χ0v) is 18.6. The number of hydrogen-bond donors (Lipinski definition) is 2. The molecule has 1 amide bonds. The molecule has 0 atom stereocenters. The van der Waals surface area contributed by atoms with Crippen molar-refractivity contribution < 1.29 is 9.90 Å². The molecule has 2 heterocycles. The van der Waals surface area contributed by atoms with Gasteiger partial charge < -0.3 is 10.4 Å². The van der Waals surface area contributed by atoms with Crippen LogP contribution in [-0.2, 0) is 4.79 Å². The largest absolute Gasteiger partial charge is 0.506 e. The van der Waals surface area contributed by atoms with Crippen molar-refractivity contribution in [2.45, 2.75) is 11.9 Å². The fourth-order valence-electron chi connectivity index (χ4n) is 2.87. The third kappa shape index (κ3) is 4.44. The number of phenols is 1. The highest BCUT2D eigenvalue weighted by Gasteiger charge is 2.15. The molecule has 0 fully saturated rings. The van der Waals surface area contributed by atoms with Crippen molar-refractivity contribution in [3.8, 4) is 16.9 Å². The number of nitrogens with zero attached hydrogens (tertiary/aromatic N) is 2. The maximum absolute atomic E-state index is 12.4. The van der Waals surface area contributed by atoms with Crippen LogP contribution in [0.5, 0.6) is 5.75 Å². The number of carbonyl (C=O) groups is 1. The summed E-state index contributed by atoms with van der Waals surface area (Å²) in [5.74, 6) is 0.0200. The second kappa shape index (κ2) is 8.52. The van der Waals surface area contributed by atoms with Gasteiger partial charge in [0.2, 0.25) is 5.91 Å². The van der Waals surface area contributed by atoms with E-state index in [-0.39, 0.29) is 17.4 Å². The number of aryl methyl sites for hydroxylation is 1. The van der Waals surface area contributed by atoms with Crippen LogP contribution in [-0.4, -0.2) is 26.7 Å². The van der Waals surface area contributed by atoms with E-state index >= 15 is 0 Å². The van der Waals surface area contributed by atoms with Gasteiger partial charge in [0.15, 0.2) is 0 Å². The number of aromatic nitrogens is 2. The first-order chi connectivity index (χ1) is 14.0. The van der Waals surface area contributed by atoms with Gasteiger partial charge in [0.25, 0.3) is 0 Å². The van der Waals surface area contributed by atoms with E-state index in [9.17, 15) is 9.90 Å². The average molecular weight is 486 g/mol. The van der Waals surface area contributed by atoms with Crippen molar-refractivity contribution in [3.63, 3.8) is 0 Å². The number of nitrogens with one attached hydrogen (secondary N) is 1. The van der Waals surface area contributed by atoms with Crippen LogP contribution in [0.4, 0.5) is 5.69 Å². The zero-order chi connectivity index (χ0) is 20.4. The number of thioether (sulfide) groups is 1. The first kappa shape index (κ1) is 19.9. The second-order valence-corrected chi connectivity index (χ2v) is 9.11. The van der Waals surface area contributed by atoms with Crippen LogP contribution in [0.2, 0.25) is 0 Å². The molecule has 2 aromatic heterocycles. The van der Waals surface area contributed by atoms with Crippen LogP contribution in [0, 0.1) is 6.92 Å². The number of rotatable bonds is 5. The Balaban J connectivity index is 1.56. The molecule has 0 bridgehead atoms. The van der Waals surface area contributed by atoms with E-state index in [0.29, 0.717) is 5.69 Å². The Kier molecular flexibility index (Phi) is 5.84. The third-order valence-electron chi connectivity index (χ3n) is 4.26. The van der Waals surface area contributed by atoms with Crippen LogP contribution in [0.15, 0.2) is 63.7 Å². The minimum Gasteiger partial charge on any atom is -0.506 e. The van der Waals surface area contributed by atoms with Crippen molar-refractivity contribution in [1.29, 1.82) is 0 Å². The van der Waals surface area contributed by atoms with Crippen molar-refractivity contribution in [2.24, 2.45) is 0 Å². The smallest absolute Gasteiger partial charge is 0.234 e. The topological polar surface area (TPSA) is 75.1 Å². The monoisotopic (exact) mass is 485 g/mol. The molecule has 0 saturated carbocycles. The normalized spacial score (nSPS) is 11.0. The molecular weight excluding hydrogens is 470 g/mol. The predicted octanol–water partition coefficient (Wildman–Crippen LogP) is 5.87. The summed E-state index contributed by atoms with van der Waals surface area (Å²) in [7, 11) is 0. The molecular formula is C21H16BrN3O2S2. The highest BCUT2D eigenvalue weighted by atomic mass is 79.9. The van der Waals surface area contributed by atoms with Gasteiger partial charge in [-0.1, -0.05) is 45.9 Å². The summed E-state index contributed by atoms with van der Waals surface area (Å²) in [6.07, 6.45) is 1.52. The highest BCUT2D eigenvalue weighted by molar-refractivity contribution is 9.10. The SMILES string of the molecule is Cc1ccc(O)c(NC(=O)CSc2ncnc3scc(-c4ccc(Br)cc4)c23)c1. The van der Waals surface area contributed by atoms with E-state index in [1.807, 2.05) is 31.2 Å². The summed E-state index contributed by atoms with van der Waals surface area (Å²) in [6, 6.07) is 13.2. The molecule has 5 nitrogen and oxygen atoms in total. The summed E-state index contributed by atoms with van der Waals surface area (Å²) in [5.41, 5.74) is 3.50. The van der Waals surface area contributed by atoms with E-state index in [0.717, 1.165) is 36.4 Å². The summed E-state index contributed by atoms with van der Waals surface area (Å²) in [4.78, 5) is 22.1. The van der Waals surface area contributed by atoms with Crippen molar-refractivity contribution in [3.05, 3.63) is 64.2 Å². The molecule has 29 heavy (non-hydrogen) atoms. The Morgan fingerprint density at radius 1 is 1.21 bits per heavy atom. The maximum Gasteiger partial charge on any atom is 0.234 e. The molecule has 2 aromatic carbocycles. The fraction of sp³-hybridized carbons (Fsp3) is 0.0952. The number of benzene rings is 2. The Morgan fingerprint density at radius 2 is 2.00 bits per heavy atom. The minimum absolute atomic E-state index is 0.0498. The molecule has 146 valence electrons. The van der Waals surface area contributed by atoms with Gasteiger partial charge >= 0.3 is 0 Å². The molecule has 4 rings (SSSR count). The van der Waals surface area contributed by atoms with E-state index < -0.39 is 0 Å². The van der Waals surface area contributed by atoms with E-state index in [1.165, 1.54) is 18.1 Å². The average Bonchev–Trinajstić information content (AvgIpc) is 3.14. The standard InChI is InChI=1S/C21H16BrN3O2S2/c1-12-2-7-17(26)16(8-12)25-18(27)10-29-21-19-15(9-28-20(19)23-11-24-21)13-3-5-14(22)6-4-13/h2-9,11,26H,10H2,1H3,(H,25,27). The van der Waals surface area contributed by atoms with Crippen LogP contribution in [0.1, 0.15) is 5.56 Å². The summed E-state index contributed by atoms with van der Waals surface area (Å²) in [6.45, 7) is 1.90. The van der Waals surface area contributed by atoms with Crippen molar-refractivity contribution >= 4 is 60.8 Å². The summed E-state index contributed by atoms with van der Waals surface area (Å²) in [5, 5.41) is 16.5. The van der Waals surface area contributed by atoms with Gasteiger partial charge in [0, 0.05) is 15.4 Å². The van der Waals surface area contributed by atoms with Gasteiger partial charge in [-0.25, -0.2) is 9.97 Å². The molecule has 0 radical (unpaired) electrons. The van der Waals surface area contributed by atoms with E-state index in [1.54, 1.807) is 29.5 Å². The van der Waals surface area contributed by atoms with Crippen LogP contribution >= 0.6 is 39.0 Å². The Labute approximate surface area is 184 Å². The summed E-state index contributed by atoms with van der Waals surface area (Å²) < 4.78 is 1.02. The molecule has 2 N–H and O–H groups in total. The lowest BCUT2D eigenvalue weighted by atomic mass is 10.1. The Bertz CT molecular complexity index is 1190. The quantitative estimate of drug-likeness (QED) is 0.210. The Morgan fingerprint density at radius 3 is 2.79 bits per heavy atom. The maximum atomic E-state index is 12.4. The highest BCUT2D eigenvalue weighted by Crippen LogP contribution is 2.38. The number of thiophene rings is 1. The molecule has 0 saturated heterocycles. The zero-order valence-electron chi connectivity index (χ0n) is 15.3. The number of amides is 1. The molecule has 0 unspecified atom stereocenters. The van der Waals surface area contributed by atoms with Gasteiger partial charge in [-0.15, -0.1) is 11.3 Å². The fourth-order valence-corrected chi connectivity index (χ4v) is 4.93. The van der Waals surface area contributed by atoms with Crippen molar-refractivity contribution in [1.82, 2.24) is 9.97 Å². The molecule has 0 aliphatic heterocycles. The lowest BCUT2D eigenvalue weighted by Crippen LogP contribution is -2.14. The van der Waals surface area contributed by atoms with Crippen LogP contribution in [0.3, 0.4) is 0 Å².